The third-order valence-corrected chi connectivity index (χ3v) is 4.48. The Morgan fingerprint density at radius 1 is 1.19 bits per heavy atom. The standard InChI is InChI=1S/C19H27NO6/c1-2-25-15-6-3-4-7-16(15)26-11-5-8-17(21)20-14-19(18(22)23)9-12-24-13-10-19/h3-4,6-7H,2,5,8-14H2,1H3,(H,20,21)(H,22,23). The fraction of sp³-hybridized carbons (Fsp3) is 0.579. The van der Waals surface area contributed by atoms with Crippen molar-refractivity contribution < 1.29 is 28.9 Å². The van der Waals surface area contributed by atoms with Crippen LogP contribution in [-0.4, -0.2) is 50.0 Å². The Labute approximate surface area is 153 Å². The Morgan fingerprint density at radius 3 is 2.46 bits per heavy atom. The minimum Gasteiger partial charge on any atom is -0.490 e. The van der Waals surface area contributed by atoms with Gasteiger partial charge in [0.2, 0.25) is 5.91 Å². The molecule has 2 rings (SSSR count). The Balaban J connectivity index is 1.71. The number of rotatable bonds is 10. The summed E-state index contributed by atoms with van der Waals surface area (Å²) in [5.74, 6) is 0.292. The topological polar surface area (TPSA) is 94.1 Å². The highest BCUT2D eigenvalue weighted by Crippen LogP contribution is 2.30. The average Bonchev–Trinajstić information content (AvgIpc) is 2.65. The normalized spacial score (nSPS) is 15.9. The van der Waals surface area contributed by atoms with Gasteiger partial charge in [0.1, 0.15) is 0 Å². The number of para-hydroxylation sites is 2. The number of carbonyl (C=O) groups excluding carboxylic acids is 1. The van der Waals surface area contributed by atoms with Crippen molar-refractivity contribution in [3.05, 3.63) is 24.3 Å². The van der Waals surface area contributed by atoms with Crippen LogP contribution >= 0.6 is 0 Å². The lowest BCUT2D eigenvalue weighted by molar-refractivity contribution is -0.154. The summed E-state index contributed by atoms with van der Waals surface area (Å²) in [6, 6.07) is 7.40. The zero-order valence-corrected chi connectivity index (χ0v) is 15.2. The third kappa shape index (κ3) is 5.62. The highest BCUT2D eigenvalue weighted by molar-refractivity contribution is 5.79. The first-order valence-corrected chi connectivity index (χ1v) is 9.00. The van der Waals surface area contributed by atoms with Gasteiger partial charge in [-0.1, -0.05) is 12.1 Å². The molecular formula is C19H27NO6. The van der Waals surface area contributed by atoms with Crippen LogP contribution in [0.4, 0.5) is 0 Å². The summed E-state index contributed by atoms with van der Waals surface area (Å²) >= 11 is 0. The van der Waals surface area contributed by atoms with Crippen molar-refractivity contribution in [3.8, 4) is 11.5 Å². The van der Waals surface area contributed by atoms with Crippen molar-refractivity contribution in [2.24, 2.45) is 5.41 Å². The predicted octanol–water partition coefficient (Wildman–Crippen LogP) is 2.24. The van der Waals surface area contributed by atoms with Crippen molar-refractivity contribution in [1.29, 1.82) is 0 Å². The number of nitrogens with one attached hydrogen (secondary N) is 1. The molecular weight excluding hydrogens is 338 g/mol. The maximum atomic E-state index is 12.0. The molecule has 1 aromatic rings. The summed E-state index contributed by atoms with van der Waals surface area (Å²) in [7, 11) is 0. The molecule has 7 nitrogen and oxygen atoms in total. The molecule has 1 aliphatic rings. The van der Waals surface area contributed by atoms with Crippen molar-refractivity contribution in [3.63, 3.8) is 0 Å². The van der Waals surface area contributed by atoms with Gasteiger partial charge < -0.3 is 24.6 Å². The maximum absolute atomic E-state index is 12.0. The molecule has 0 saturated carbocycles. The van der Waals surface area contributed by atoms with Gasteiger partial charge in [-0.15, -0.1) is 0 Å². The molecule has 0 aromatic heterocycles. The van der Waals surface area contributed by atoms with Crippen LogP contribution in [0.1, 0.15) is 32.6 Å². The number of carboxylic acids is 1. The van der Waals surface area contributed by atoms with Gasteiger partial charge in [0.05, 0.1) is 18.6 Å². The molecule has 1 saturated heterocycles. The molecule has 7 heteroatoms. The zero-order chi connectivity index (χ0) is 18.8. The summed E-state index contributed by atoms with van der Waals surface area (Å²) in [4.78, 5) is 23.6. The highest BCUT2D eigenvalue weighted by Gasteiger charge is 2.40. The molecule has 0 spiro atoms. The number of carbonyl (C=O) groups is 2. The minimum absolute atomic E-state index is 0.137. The van der Waals surface area contributed by atoms with E-state index in [2.05, 4.69) is 5.32 Å². The lowest BCUT2D eigenvalue weighted by Gasteiger charge is -2.33. The second-order valence-corrected chi connectivity index (χ2v) is 6.31. The van der Waals surface area contributed by atoms with Crippen LogP contribution in [0.5, 0.6) is 11.5 Å². The monoisotopic (exact) mass is 365 g/mol. The second kappa shape index (κ2) is 10.0. The molecule has 1 amide bonds. The van der Waals surface area contributed by atoms with Gasteiger partial charge in [-0.25, -0.2) is 0 Å². The fourth-order valence-electron chi connectivity index (χ4n) is 2.84. The van der Waals surface area contributed by atoms with Crippen molar-refractivity contribution in [2.45, 2.75) is 32.6 Å². The van der Waals surface area contributed by atoms with Crippen LogP contribution in [0, 0.1) is 5.41 Å². The number of carboxylic acid groups (broad SMARTS) is 1. The molecule has 0 bridgehead atoms. The molecule has 1 heterocycles. The molecule has 144 valence electrons. The van der Waals surface area contributed by atoms with E-state index in [1.807, 2.05) is 31.2 Å². The summed E-state index contributed by atoms with van der Waals surface area (Å²) < 4.78 is 16.4. The minimum atomic E-state index is -0.916. The number of benzene rings is 1. The first kappa shape index (κ1) is 20.0. The van der Waals surface area contributed by atoms with Crippen LogP contribution in [0.25, 0.3) is 0 Å². The van der Waals surface area contributed by atoms with Gasteiger partial charge in [0.15, 0.2) is 11.5 Å². The Kier molecular flexibility index (Phi) is 7.72. The fourth-order valence-corrected chi connectivity index (χ4v) is 2.84. The van der Waals surface area contributed by atoms with E-state index in [-0.39, 0.29) is 18.9 Å². The van der Waals surface area contributed by atoms with Crippen molar-refractivity contribution in [2.75, 3.05) is 33.0 Å². The molecule has 1 fully saturated rings. The summed E-state index contributed by atoms with van der Waals surface area (Å²) in [5, 5.41) is 12.2. The van der Waals surface area contributed by atoms with E-state index in [9.17, 15) is 14.7 Å². The molecule has 2 N–H and O–H groups in total. The number of amides is 1. The summed E-state index contributed by atoms with van der Waals surface area (Å²) in [6.07, 6.45) is 1.65. The van der Waals surface area contributed by atoms with Crippen LogP contribution in [0.2, 0.25) is 0 Å². The largest absolute Gasteiger partial charge is 0.490 e. The van der Waals surface area contributed by atoms with Gasteiger partial charge in [0, 0.05) is 26.2 Å². The molecule has 0 aliphatic carbocycles. The number of hydrogen-bond donors (Lipinski definition) is 2. The molecule has 26 heavy (non-hydrogen) atoms. The number of hydrogen-bond acceptors (Lipinski definition) is 5. The lowest BCUT2D eigenvalue weighted by atomic mass is 9.80. The van der Waals surface area contributed by atoms with Crippen molar-refractivity contribution in [1.82, 2.24) is 5.32 Å². The van der Waals surface area contributed by atoms with Gasteiger partial charge >= 0.3 is 5.97 Å². The van der Waals surface area contributed by atoms with Crippen LogP contribution in [-0.2, 0) is 14.3 Å². The summed E-state index contributed by atoms with van der Waals surface area (Å²) in [5.41, 5.74) is -0.916. The number of ether oxygens (including phenoxy) is 3. The first-order valence-electron chi connectivity index (χ1n) is 9.00. The number of aliphatic carboxylic acids is 1. The van der Waals surface area contributed by atoms with E-state index in [1.54, 1.807) is 0 Å². The van der Waals surface area contributed by atoms with Gasteiger partial charge in [-0.05, 0) is 38.3 Å². The van der Waals surface area contributed by atoms with Crippen LogP contribution in [0.15, 0.2) is 24.3 Å². The molecule has 1 aliphatic heterocycles. The maximum Gasteiger partial charge on any atom is 0.311 e. The predicted molar refractivity (Wildman–Crippen MR) is 95.5 cm³/mol. The summed E-state index contributed by atoms with van der Waals surface area (Å²) in [6.45, 7) is 3.81. The van der Waals surface area contributed by atoms with E-state index in [1.165, 1.54) is 0 Å². The Hall–Kier alpha value is -2.28. The Bertz CT molecular complexity index is 597. The van der Waals surface area contributed by atoms with Gasteiger partial charge in [-0.2, -0.15) is 0 Å². The van der Waals surface area contributed by atoms with E-state index >= 15 is 0 Å². The third-order valence-electron chi connectivity index (χ3n) is 4.48. The molecule has 0 radical (unpaired) electrons. The van der Waals surface area contributed by atoms with E-state index in [0.717, 1.165) is 0 Å². The molecule has 0 unspecified atom stereocenters. The second-order valence-electron chi connectivity index (χ2n) is 6.31. The van der Waals surface area contributed by atoms with E-state index in [4.69, 9.17) is 14.2 Å². The van der Waals surface area contributed by atoms with E-state index in [0.29, 0.717) is 57.2 Å². The van der Waals surface area contributed by atoms with Crippen LogP contribution < -0.4 is 14.8 Å². The van der Waals surface area contributed by atoms with Gasteiger partial charge in [-0.3, -0.25) is 9.59 Å². The smallest absolute Gasteiger partial charge is 0.311 e. The quantitative estimate of drug-likeness (QED) is 0.618. The van der Waals surface area contributed by atoms with E-state index < -0.39 is 11.4 Å². The van der Waals surface area contributed by atoms with Crippen LogP contribution in [0.3, 0.4) is 0 Å². The lowest BCUT2D eigenvalue weighted by Crippen LogP contribution is -2.46. The average molecular weight is 365 g/mol. The highest BCUT2D eigenvalue weighted by atomic mass is 16.5. The Morgan fingerprint density at radius 2 is 1.85 bits per heavy atom. The molecule has 1 aromatic carbocycles. The molecule has 0 atom stereocenters. The van der Waals surface area contributed by atoms with Gasteiger partial charge in [0.25, 0.3) is 0 Å². The zero-order valence-electron chi connectivity index (χ0n) is 15.2. The first-order chi connectivity index (χ1) is 12.6. The SMILES string of the molecule is CCOc1ccccc1OCCCC(=O)NCC1(C(=O)O)CCOCC1. The van der Waals surface area contributed by atoms with Crippen molar-refractivity contribution >= 4 is 11.9 Å².